The zero-order valence-electron chi connectivity index (χ0n) is 16.1. The van der Waals surface area contributed by atoms with E-state index in [1.807, 2.05) is 42.4 Å². The highest BCUT2D eigenvalue weighted by molar-refractivity contribution is 7.56. The van der Waals surface area contributed by atoms with Gasteiger partial charge in [-0.2, -0.15) is 0 Å². The average Bonchev–Trinajstić information content (AvgIpc) is 3.53. The molecular formula is C20H26N7P. The van der Waals surface area contributed by atoms with Crippen LogP contribution in [-0.4, -0.2) is 65.7 Å². The molecular weight excluding hydrogens is 369 g/mol. The molecule has 28 heavy (non-hydrogen) atoms. The predicted octanol–water partition coefficient (Wildman–Crippen LogP) is 3.11. The summed E-state index contributed by atoms with van der Waals surface area (Å²) in [6, 6.07) is 11.9. The second kappa shape index (κ2) is 8.76. The summed E-state index contributed by atoms with van der Waals surface area (Å²) in [7, 11) is 2.85. The zero-order chi connectivity index (χ0) is 19.3. The second-order valence-electron chi connectivity index (χ2n) is 7.26. The van der Waals surface area contributed by atoms with Gasteiger partial charge in [-0.05, 0) is 25.5 Å². The molecule has 2 aromatic rings. The fraction of sp³-hybridized carbons (Fsp3) is 0.400. The number of likely N-dealkylation sites (N-methyl/N-ethyl adjacent to an activating group) is 1. The Bertz CT molecular complexity index is 843. The molecule has 2 N–H and O–H groups in total. The third-order valence-corrected chi connectivity index (χ3v) is 6.23. The summed E-state index contributed by atoms with van der Waals surface area (Å²) < 4.78 is 0. The van der Waals surface area contributed by atoms with Gasteiger partial charge >= 0.3 is 0 Å². The Hall–Kier alpha value is -2.37. The van der Waals surface area contributed by atoms with Crippen molar-refractivity contribution < 1.29 is 0 Å². The van der Waals surface area contributed by atoms with E-state index < -0.39 is 0 Å². The molecule has 2 heterocycles. The summed E-state index contributed by atoms with van der Waals surface area (Å²) in [6.07, 6.45) is 2.60. The number of benzene rings is 1. The topological polar surface area (TPSA) is 80.5 Å². The Kier molecular flexibility index (Phi) is 5.93. The lowest BCUT2D eigenvalue weighted by atomic mass is 10.2. The fourth-order valence-electron chi connectivity index (χ4n) is 3.02. The Morgan fingerprint density at radius 3 is 2.64 bits per heavy atom. The maximum Gasteiger partial charge on any atom is 0.220 e. The van der Waals surface area contributed by atoms with Crippen molar-refractivity contribution in [2.45, 2.75) is 18.5 Å². The van der Waals surface area contributed by atoms with Crippen LogP contribution in [0.25, 0.3) is 11.4 Å². The van der Waals surface area contributed by atoms with Crippen LogP contribution in [0.15, 0.2) is 41.4 Å². The van der Waals surface area contributed by atoms with E-state index in [-0.39, 0.29) is 5.96 Å². The molecule has 1 atom stereocenters. The highest BCUT2D eigenvalue weighted by Crippen LogP contribution is 2.37. The standard InChI is InChI=1S/C20H26N7P/c1-26-9-11-27(12-10-26)18-13-17(24-20(21)22-14-28-16-7-8-16)23-19(25-18)15-5-3-2-4-6-15/h2-6,13-14,16,28H,7-12H2,1H3,(H2,21,23,24,25)/b22-14-. The molecule has 2 fully saturated rings. The first kappa shape index (κ1) is 19.0. The molecule has 1 aliphatic carbocycles. The lowest BCUT2D eigenvalue weighted by Crippen LogP contribution is -2.44. The Morgan fingerprint density at radius 1 is 1.18 bits per heavy atom. The van der Waals surface area contributed by atoms with Crippen molar-refractivity contribution in [3.05, 3.63) is 36.4 Å². The van der Waals surface area contributed by atoms with Crippen molar-refractivity contribution in [1.29, 1.82) is 5.41 Å². The molecule has 1 aromatic heterocycles. The van der Waals surface area contributed by atoms with Crippen LogP contribution < -0.4 is 10.2 Å². The largest absolute Gasteiger partial charge is 0.354 e. The molecule has 0 amide bonds. The van der Waals surface area contributed by atoms with Crippen LogP contribution in [0.1, 0.15) is 12.8 Å². The number of piperazine rings is 1. The van der Waals surface area contributed by atoms with Gasteiger partial charge in [0.25, 0.3) is 0 Å². The minimum atomic E-state index is 0.121. The SMILES string of the molecule is CN1CCN(c2cc(NC(=N)/N=C\PC3CC3)nc(-c3ccccc3)n2)CC1. The van der Waals surface area contributed by atoms with E-state index in [4.69, 9.17) is 10.4 Å². The molecule has 146 valence electrons. The van der Waals surface area contributed by atoms with E-state index in [0.29, 0.717) is 20.2 Å². The van der Waals surface area contributed by atoms with E-state index in [1.54, 1.807) is 0 Å². The van der Waals surface area contributed by atoms with Gasteiger partial charge in [-0.15, -0.1) is 0 Å². The number of hydrogen-bond acceptors (Lipinski definition) is 5. The first-order chi connectivity index (χ1) is 13.7. The van der Waals surface area contributed by atoms with Gasteiger partial charge in [0.15, 0.2) is 5.82 Å². The number of hydrogen-bond donors (Lipinski definition) is 2. The quantitative estimate of drug-likeness (QED) is 0.462. The maximum absolute atomic E-state index is 8.12. The van der Waals surface area contributed by atoms with Crippen molar-refractivity contribution in [3.63, 3.8) is 0 Å². The third kappa shape index (κ3) is 5.12. The minimum Gasteiger partial charge on any atom is -0.354 e. The molecule has 2 aliphatic rings. The number of nitrogens with one attached hydrogen (secondary N) is 2. The van der Waals surface area contributed by atoms with Crippen molar-refractivity contribution in [2.24, 2.45) is 4.99 Å². The molecule has 4 rings (SSSR count). The monoisotopic (exact) mass is 395 g/mol. The van der Waals surface area contributed by atoms with Gasteiger partial charge in [-0.25, -0.2) is 15.0 Å². The first-order valence-corrected chi connectivity index (χ1v) is 10.8. The summed E-state index contributed by atoms with van der Waals surface area (Å²) in [6.45, 7) is 3.88. The fourth-order valence-corrected chi connectivity index (χ4v) is 3.94. The highest BCUT2D eigenvalue weighted by Gasteiger charge is 2.20. The van der Waals surface area contributed by atoms with Gasteiger partial charge in [-0.3, -0.25) is 5.41 Å². The van der Waals surface area contributed by atoms with Crippen molar-refractivity contribution in [1.82, 2.24) is 14.9 Å². The lowest BCUT2D eigenvalue weighted by molar-refractivity contribution is 0.312. The Morgan fingerprint density at radius 2 is 1.93 bits per heavy atom. The third-order valence-electron chi connectivity index (χ3n) is 4.90. The molecule has 1 aliphatic heterocycles. The predicted molar refractivity (Wildman–Crippen MR) is 118 cm³/mol. The molecule has 0 bridgehead atoms. The number of guanidine groups is 1. The van der Waals surface area contributed by atoms with Crippen molar-refractivity contribution >= 4 is 32.1 Å². The Balaban J connectivity index is 1.56. The summed E-state index contributed by atoms with van der Waals surface area (Å²) in [5, 5.41) is 11.2. The summed E-state index contributed by atoms with van der Waals surface area (Å²) >= 11 is 0. The van der Waals surface area contributed by atoms with Gasteiger partial charge < -0.3 is 15.1 Å². The summed E-state index contributed by atoms with van der Waals surface area (Å²) in [5.74, 6) is 4.15. The van der Waals surface area contributed by atoms with Gasteiger partial charge in [0, 0.05) is 43.8 Å². The number of rotatable bonds is 5. The lowest BCUT2D eigenvalue weighted by Gasteiger charge is -2.33. The van der Waals surface area contributed by atoms with Crippen LogP contribution in [0.4, 0.5) is 11.6 Å². The maximum atomic E-state index is 8.12. The van der Waals surface area contributed by atoms with E-state index >= 15 is 0 Å². The molecule has 0 spiro atoms. The van der Waals surface area contributed by atoms with E-state index in [0.717, 1.165) is 43.2 Å². The minimum absolute atomic E-state index is 0.121. The van der Waals surface area contributed by atoms with E-state index in [2.05, 4.69) is 32.1 Å². The molecule has 0 radical (unpaired) electrons. The second-order valence-corrected chi connectivity index (χ2v) is 8.67. The van der Waals surface area contributed by atoms with E-state index in [9.17, 15) is 0 Å². The van der Waals surface area contributed by atoms with Crippen LogP contribution in [0, 0.1) is 5.41 Å². The molecule has 8 heteroatoms. The van der Waals surface area contributed by atoms with Gasteiger partial charge in [0.2, 0.25) is 5.96 Å². The molecule has 1 saturated carbocycles. The van der Waals surface area contributed by atoms with Crippen LogP contribution in [0.3, 0.4) is 0 Å². The number of aromatic nitrogens is 2. The van der Waals surface area contributed by atoms with Gasteiger partial charge in [0.1, 0.15) is 11.6 Å². The highest BCUT2D eigenvalue weighted by atomic mass is 31.1. The Labute approximate surface area is 167 Å². The summed E-state index contributed by atoms with van der Waals surface area (Å²) in [5.41, 5.74) is 1.76. The van der Waals surface area contributed by atoms with Crippen molar-refractivity contribution in [2.75, 3.05) is 43.4 Å². The smallest absolute Gasteiger partial charge is 0.220 e. The number of nitrogens with zero attached hydrogens (tertiary/aromatic N) is 5. The first-order valence-electron chi connectivity index (χ1n) is 9.69. The van der Waals surface area contributed by atoms with Gasteiger partial charge in [0.05, 0.1) is 0 Å². The van der Waals surface area contributed by atoms with Crippen LogP contribution >= 0.6 is 8.58 Å². The summed E-state index contributed by atoms with van der Waals surface area (Å²) in [4.78, 5) is 18.3. The number of anilines is 2. The van der Waals surface area contributed by atoms with Crippen molar-refractivity contribution in [3.8, 4) is 11.4 Å². The normalized spacial score (nSPS) is 18.2. The molecule has 7 nitrogen and oxygen atoms in total. The van der Waals surface area contributed by atoms with Crippen LogP contribution in [0.2, 0.25) is 0 Å². The zero-order valence-corrected chi connectivity index (χ0v) is 17.1. The van der Waals surface area contributed by atoms with Crippen LogP contribution in [-0.2, 0) is 0 Å². The van der Waals surface area contributed by atoms with Crippen LogP contribution in [0.5, 0.6) is 0 Å². The average molecular weight is 395 g/mol. The van der Waals surface area contributed by atoms with Gasteiger partial charge in [-0.1, -0.05) is 38.9 Å². The molecule has 1 unspecified atom stereocenters. The van der Waals surface area contributed by atoms with E-state index in [1.165, 1.54) is 12.8 Å². The number of aliphatic imine (C=N–C) groups is 1. The molecule has 1 aromatic carbocycles. The molecule has 1 saturated heterocycles.